The number of fused-ring (bicyclic) bond motifs is 8. The summed E-state index contributed by atoms with van der Waals surface area (Å²) in [5.74, 6) is 2.77. The topological polar surface area (TPSA) is 51.4 Å². The van der Waals surface area contributed by atoms with Crippen LogP contribution >= 0.6 is 0 Å². The molecule has 0 spiro atoms. The van der Waals surface area contributed by atoms with Crippen LogP contribution in [0.3, 0.4) is 0 Å². The van der Waals surface area contributed by atoms with Crippen LogP contribution in [0.2, 0.25) is 0 Å². The number of anilines is 1. The highest BCUT2D eigenvalue weighted by molar-refractivity contribution is 6.14. The summed E-state index contributed by atoms with van der Waals surface area (Å²) in [6.45, 7) is 0.661. The summed E-state index contributed by atoms with van der Waals surface area (Å²) in [6.07, 6.45) is 0. The Hall–Kier alpha value is -3.86. The van der Waals surface area contributed by atoms with Crippen molar-refractivity contribution in [3.05, 3.63) is 78.4 Å². The third-order valence-electron chi connectivity index (χ3n) is 5.61. The van der Waals surface area contributed by atoms with Crippen LogP contribution in [-0.2, 0) is 6.54 Å². The number of hydrogen-bond acceptors (Lipinski definition) is 4. The van der Waals surface area contributed by atoms with Gasteiger partial charge in [0.05, 0.1) is 24.9 Å². The van der Waals surface area contributed by atoms with Crippen molar-refractivity contribution >= 4 is 33.2 Å². The molecule has 0 saturated heterocycles. The molecule has 0 unspecified atom stereocenters. The molecule has 0 fully saturated rings. The molecule has 29 heavy (non-hydrogen) atoms. The SMILES string of the molecule is COc1ccc2nc3n4c(c5ccccc5c-3c2c1)NN=C(c1ccccc1)C4. The number of nitrogens with one attached hydrogen (secondary N) is 1. The molecule has 3 aliphatic heterocycles. The molecule has 3 aliphatic rings. The Morgan fingerprint density at radius 2 is 1.69 bits per heavy atom. The molecule has 5 heteroatoms. The lowest BCUT2D eigenvalue weighted by Crippen LogP contribution is -2.23. The van der Waals surface area contributed by atoms with Gasteiger partial charge < -0.3 is 9.30 Å². The first-order valence-corrected chi connectivity index (χ1v) is 9.60. The number of benzene rings is 3. The molecular formula is C24H18N4O. The van der Waals surface area contributed by atoms with Crippen LogP contribution in [-0.4, -0.2) is 22.4 Å². The summed E-state index contributed by atoms with van der Waals surface area (Å²) < 4.78 is 7.71. The fraction of sp³-hybridized carbons (Fsp3) is 0.0833. The van der Waals surface area contributed by atoms with E-state index < -0.39 is 0 Å². The molecule has 3 aromatic rings. The van der Waals surface area contributed by atoms with Gasteiger partial charge in [-0.25, -0.2) is 4.98 Å². The third-order valence-corrected chi connectivity index (χ3v) is 5.61. The Labute approximate surface area is 167 Å². The van der Waals surface area contributed by atoms with Gasteiger partial charge in [0.2, 0.25) is 0 Å². The van der Waals surface area contributed by atoms with Crippen molar-refractivity contribution in [3.63, 3.8) is 0 Å². The lowest BCUT2D eigenvalue weighted by molar-refractivity contribution is 0.415. The smallest absolute Gasteiger partial charge is 0.143 e. The molecule has 0 atom stereocenters. The summed E-state index contributed by atoms with van der Waals surface area (Å²) in [5.41, 5.74) is 7.51. The first-order chi connectivity index (χ1) is 14.3. The maximum absolute atomic E-state index is 5.47. The predicted octanol–water partition coefficient (Wildman–Crippen LogP) is 5.13. The van der Waals surface area contributed by atoms with Gasteiger partial charge in [-0.2, -0.15) is 5.10 Å². The molecule has 3 heterocycles. The highest BCUT2D eigenvalue weighted by Gasteiger charge is 2.26. The fourth-order valence-corrected chi connectivity index (χ4v) is 4.22. The number of ether oxygens (including phenoxy) is 1. The van der Waals surface area contributed by atoms with Gasteiger partial charge in [-0.15, -0.1) is 0 Å². The van der Waals surface area contributed by atoms with E-state index in [0.29, 0.717) is 6.54 Å². The van der Waals surface area contributed by atoms with Crippen LogP contribution in [0, 0.1) is 0 Å². The van der Waals surface area contributed by atoms with E-state index in [1.54, 1.807) is 7.11 Å². The minimum absolute atomic E-state index is 0.661. The van der Waals surface area contributed by atoms with Crippen molar-refractivity contribution in [2.75, 3.05) is 12.5 Å². The van der Waals surface area contributed by atoms with Gasteiger partial charge in [0.25, 0.3) is 0 Å². The van der Waals surface area contributed by atoms with Crippen LogP contribution in [0.25, 0.3) is 33.1 Å². The normalized spacial score (nSPS) is 13.3. The van der Waals surface area contributed by atoms with E-state index in [1.165, 1.54) is 0 Å². The van der Waals surface area contributed by atoms with E-state index in [4.69, 9.17) is 9.72 Å². The van der Waals surface area contributed by atoms with Crippen molar-refractivity contribution in [2.45, 2.75) is 6.54 Å². The summed E-state index contributed by atoms with van der Waals surface area (Å²) in [7, 11) is 1.70. The number of hydrogen-bond donors (Lipinski definition) is 1. The Morgan fingerprint density at radius 1 is 0.897 bits per heavy atom. The Balaban J connectivity index is 1.66. The molecule has 0 bridgehead atoms. The standard InChI is InChI=1S/C24H18N4O/c1-29-16-11-12-20-19(13-16)22-17-9-5-6-10-18(17)23-27-26-21(14-28(23)24(22)25-20)15-7-3-2-4-8-15/h2-13,27H,14H2,1H3. The Bertz CT molecular complexity index is 1380. The van der Waals surface area contributed by atoms with Crippen molar-refractivity contribution in [3.8, 4) is 17.1 Å². The number of nitrogens with zero attached hydrogens (tertiary/aromatic N) is 3. The van der Waals surface area contributed by atoms with E-state index in [2.05, 4.69) is 57.6 Å². The van der Waals surface area contributed by atoms with Crippen molar-refractivity contribution in [1.29, 1.82) is 0 Å². The van der Waals surface area contributed by atoms with Crippen LogP contribution in [0.4, 0.5) is 5.82 Å². The largest absolute Gasteiger partial charge is 0.497 e. The predicted molar refractivity (Wildman–Crippen MR) is 117 cm³/mol. The minimum atomic E-state index is 0.661. The van der Waals surface area contributed by atoms with E-state index in [1.807, 2.05) is 30.3 Å². The second kappa shape index (κ2) is 6.07. The summed E-state index contributed by atoms with van der Waals surface area (Å²) in [5, 5.41) is 8.08. The summed E-state index contributed by atoms with van der Waals surface area (Å²) >= 11 is 0. The van der Waals surface area contributed by atoms with Gasteiger partial charge >= 0.3 is 0 Å². The highest BCUT2D eigenvalue weighted by Crippen LogP contribution is 2.42. The fourth-order valence-electron chi connectivity index (χ4n) is 4.22. The zero-order chi connectivity index (χ0) is 19.4. The molecular weight excluding hydrogens is 360 g/mol. The van der Waals surface area contributed by atoms with Crippen molar-refractivity contribution in [2.24, 2.45) is 5.10 Å². The maximum Gasteiger partial charge on any atom is 0.143 e. The summed E-state index contributed by atoms with van der Waals surface area (Å²) in [6, 6.07) is 24.7. The van der Waals surface area contributed by atoms with Gasteiger partial charge in [-0.1, -0.05) is 54.6 Å². The molecule has 0 aliphatic carbocycles. The van der Waals surface area contributed by atoms with Gasteiger partial charge in [-0.3, -0.25) is 5.43 Å². The number of rotatable bonds is 2. The van der Waals surface area contributed by atoms with Crippen molar-refractivity contribution in [1.82, 2.24) is 9.55 Å². The quantitative estimate of drug-likeness (QED) is 0.463. The van der Waals surface area contributed by atoms with E-state index in [-0.39, 0.29) is 0 Å². The second-order valence-corrected chi connectivity index (χ2v) is 7.21. The average molecular weight is 378 g/mol. The molecule has 1 N–H and O–H groups in total. The van der Waals surface area contributed by atoms with Crippen LogP contribution in [0.1, 0.15) is 5.56 Å². The van der Waals surface area contributed by atoms with Crippen LogP contribution in [0.15, 0.2) is 77.9 Å². The molecule has 3 aromatic carbocycles. The number of hydrazone groups is 1. The Morgan fingerprint density at radius 3 is 2.52 bits per heavy atom. The van der Waals surface area contributed by atoms with Crippen LogP contribution in [0.5, 0.6) is 5.75 Å². The van der Waals surface area contributed by atoms with Crippen molar-refractivity contribution < 1.29 is 4.74 Å². The monoisotopic (exact) mass is 378 g/mol. The first-order valence-electron chi connectivity index (χ1n) is 9.60. The molecule has 6 rings (SSSR count). The number of aromatic nitrogens is 2. The zero-order valence-corrected chi connectivity index (χ0v) is 15.9. The second-order valence-electron chi connectivity index (χ2n) is 7.21. The lowest BCUT2D eigenvalue weighted by atomic mass is 10.0. The third kappa shape index (κ3) is 2.34. The molecule has 0 amide bonds. The molecule has 0 saturated carbocycles. The molecule has 0 aromatic heterocycles. The van der Waals surface area contributed by atoms with E-state index in [0.717, 1.165) is 55.9 Å². The van der Waals surface area contributed by atoms with E-state index in [9.17, 15) is 0 Å². The minimum Gasteiger partial charge on any atom is -0.497 e. The zero-order valence-electron chi connectivity index (χ0n) is 15.9. The van der Waals surface area contributed by atoms with E-state index >= 15 is 0 Å². The number of methoxy groups -OCH3 is 1. The van der Waals surface area contributed by atoms with Gasteiger partial charge in [0.1, 0.15) is 17.4 Å². The summed E-state index contributed by atoms with van der Waals surface area (Å²) in [4.78, 5) is 4.99. The molecule has 5 nitrogen and oxygen atoms in total. The van der Waals surface area contributed by atoms with Gasteiger partial charge in [0, 0.05) is 16.3 Å². The first kappa shape index (κ1) is 16.1. The number of pyridine rings is 1. The molecule has 140 valence electrons. The Kier molecular flexibility index (Phi) is 3.38. The highest BCUT2D eigenvalue weighted by atomic mass is 16.5. The van der Waals surface area contributed by atoms with Gasteiger partial charge in [-0.05, 0) is 29.1 Å². The van der Waals surface area contributed by atoms with Crippen LogP contribution < -0.4 is 10.2 Å². The molecule has 0 radical (unpaired) electrons. The lowest BCUT2D eigenvalue weighted by Gasteiger charge is -2.25. The average Bonchev–Trinajstić information content (AvgIpc) is 3.18. The maximum atomic E-state index is 5.47. The van der Waals surface area contributed by atoms with Gasteiger partial charge in [0.15, 0.2) is 0 Å².